The number of piperazine rings is 1. The summed E-state index contributed by atoms with van der Waals surface area (Å²) in [4.78, 5) is 4.77. The zero-order valence-electron chi connectivity index (χ0n) is 11.8. The standard InChI is InChI=1S/C15H25N3O/c1-13-3-2-4-14(11-13)15(12-16)18-7-5-17(6-8-18)9-10-19/h2-4,11,15,19H,5-10,12,16H2,1H3. The van der Waals surface area contributed by atoms with Gasteiger partial charge in [-0.05, 0) is 12.5 Å². The molecule has 1 heterocycles. The molecular weight excluding hydrogens is 238 g/mol. The highest BCUT2D eigenvalue weighted by Gasteiger charge is 2.23. The molecule has 1 saturated heterocycles. The fourth-order valence-electron chi connectivity index (χ4n) is 2.81. The fourth-order valence-corrected chi connectivity index (χ4v) is 2.81. The molecule has 1 aromatic carbocycles. The highest BCUT2D eigenvalue weighted by atomic mass is 16.3. The van der Waals surface area contributed by atoms with Crippen LogP contribution in [0.3, 0.4) is 0 Å². The summed E-state index contributed by atoms with van der Waals surface area (Å²) in [6, 6.07) is 8.95. The number of aliphatic hydroxyl groups excluding tert-OH is 1. The minimum Gasteiger partial charge on any atom is -0.395 e. The number of β-amino-alcohol motifs (C(OH)–C–C–N with tert-alkyl or cyclic N) is 1. The van der Waals surface area contributed by atoms with Crippen molar-refractivity contribution in [1.29, 1.82) is 0 Å². The first-order valence-electron chi connectivity index (χ1n) is 7.08. The summed E-state index contributed by atoms with van der Waals surface area (Å²) in [6.45, 7) is 7.89. The van der Waals surface area contributed by atoms with Gasteiger partial charge in [0.1, 0.15) is 0 Å². The number of aliphatic hydroxyl groups is 1. The second kappa shape index (κ2) is 7.01. The van der Waals surface area contributed by atoms with Gasteiger partial charge in [-0.1, -0.05) is 29.8 Å². The van der Waals surface area contributed by atoms with Crippen molar-refractivity contribution >= 4 is 0 Å². The predicted octanol–water partition coefficient (Wildman–Crippen LogP) is 0.605. The van der Waals surface area contributed by atoms with E-state index in [4.69, 9.17) is 10.8 Å². The van der Waals surface area contributed by atoms with Crippen LogP contribution in [0.1, 0.15) is 17.2 Å². The number of hydrogen-bond donors (Lipinski definition) is 2. The highest BCUT2D eigenvalue weighted by Crippen LogP contribution is 2.21. The summed E-state index contributed by atoms with van der Waals surface area (Å²) in [7, 11) is 0. The Morgan fingerprint density at radius 2 is 2.00 bits per heavy atom. The van der Waals surface area contributed by atoms with E-state index in [2.05, 4.69) is 41.0 Å². The van der Waals surface area contributed by atoms with Crippen LogP contribution in [0.15, 0.2) is 24.3 Å². The molecule has 0 aromatic heterocycles. The molecule has 0 saturated carbocycles. The normalized spacial score (nSPS) is 19.5. The topological polar surface area (TPSA) is 52.7 Å². The Balaban J connectivity index is 1.99. The lowest BCUT2D eigenvalue weighted by Crippen LogP contribution is -2.49. The van der Waals surface area contributed by atoms with Crippen LogP contribution in [0.25, 0.3) is 0 Å². The second-order valence-electron chi connectivity index (χ2n) is 5.27. The van der Waals surface area contributed by atoms with Gasteiger partial charge < -0.3 is 10.8 Å². The molecule has 0 spiro atoms. The van der Waals surface area contributed by atoms with Crippen LogP contribution in [0, 0.1) is 6.92 Å². The Bertz CT molecular complexity index is 389. The minimum atomic E-state index is 0.248. The lowest BCUT2D eigenvalue weighted by Gasteiger charge is -2.39. The van der Waals surface area contributed by atoms with Gasteiger partial charge in [0, 0.05) is 45.3 Å². The van der Waals surface area contributed by atoms with E-state index in [-0.39, 0.29) is 6.61 Å². The fraction of sp³-hybridized carbons (Fsp3) is 0.600. The molecule has 1 fully saturated rings. The van der Waals surface area contributed by atoms with E-state index in [0.717, 1.165) is 32.7 Å². The van der Waals surface area contributed by atoms with Gasteiger partial charge in [0.05, 0.1) is 6.61 Å². The third kappa shape index (κ3) is 3.76. The van der Waals surface area contributed by atoms with Crippen molar-refractivity contribution in [2.24, 2.45) is 5.73 Å². The lowest BCUT2D eigenvalue weighted by atomic mass is 10.0. The zero-order valence-corrected chi connectivity index (χ0v) is 11.8. The van der Waals surface area contributed by atoms with E-state index in [1.165, 1.54) is 11.1 Å². The molecule has 2 rings (SSSR count). The smallest absolute Gasteiger partial charge is 0.0558 e. The molecule has 0 bridgehead atoms. The Morgan fingerprint density at radius 1 is 1.26 bits per heavy atom. The van der Waals surface area contributed by atoms with Crippen LogP contribution in [0.5, 0.6) is 0 Å². The van der Waals surface area contributed by atoms with E-state index in [9.17, 15) is 0 Å². The summed E-state index contributed by atoms with van der Waals surface area (Å²) in [5.74, 6) is 0. The summed E-state index contributed by atoms with van der Waals surface area (Å²) in [5.41, 5.74) is 8.59. The van der Waals surface area contributed by atoms with Crippen LogP contribution >= 0.6 is 0 Å². The van der Waals surface area contributed by atoms with E-state index < -0.39 is 0 Å². The molecule has 1 unspecified atom stereocenters. The number of rotatable bonds is 5. The molecule has 0 radical (unpaired) electrons. The number of hydrogen-bond acceptors (Lipinski definition) is 4. The Hall–Kier alpha value is -0.940. The first-order chi connectivity index (χ1) is 9.24. The maximum atomic E-state index is 8.97. The molecule has 1 atom stereocenters. The number of benzene rings is 1. The predicted molar refractivity (Wildman–Crippen MR) is 78.1 cm³/mol. The van der Waals surface area contributed by atoms with Crippen molar-refractivity contribution in [3.63, 3.8) is 0 Å². The van der Waals surface area contributed by atoms with Gasteiger partial charge in [0.2, 0.25) is 0 Å². The van der Waals surface area contributed by atoms with Gasteiger partial charge in [-0.15, -0.1) is 0 Å². The van der Waals surface area contributed by atoms with Crippen molar-refractivity contribution in [1.82, 2.24) is 9.80 Å². The second-order valence-corrected chi connectivity index (χ2v) is 5.27. The van der Waals surface area contributed by atoms with Gasteiger partial charge in [0.25, 0.3) is 0 Å². The van der Waals surface area contributed by atoms with Crippen LogP contribution in [0.2, 0.25) is 0 Å². The molecular formula is C15H25N3O. The minimum absolute atomic E-state index is 0.248. The Morgan fingerprint density at radius 3 is 2.58 bits per heavy atom. The summed E-state index contributed by atoms with van der Waals surface area (Å²) >= 11 is 0. The molecule has 0 aliphatic carbocycles. The van der Waals surface area contributed by atoms with Gasteiger partial charge in [-0.25, -0.2) is 0 Å². The molecule has 19 heavy (non-hydrogen) atoms. The molecule has 4 nitrogen and oxygen atoms in total. The van der Waals surface area contributed by atoms with Gasteiger partial charge in [-0.3, -0.25) is 9.80 Å². The van der Waals surface area contributed by atoms with Crippen molar-refractivity contribution < 1.29 is 5.11 Å². The van der Waals surface area contributed by atoms with Crippen molar-refractivity contribution in [3.05, 3.63) is 35.4 Å². The van der Waals surface area contributed by atoms with Crippen LogP contribution in [0.4, 0.5) is 0 Å². The first-order valence-corrected chi connectivity index (χ1v) is 7.08. The number of nitrogens with two attached hydrogens (primary N) is 1. The monoisotopic (exact) mass is 263 g/mol. The molecule has 1 aromatic rings. The molecule has 3 N–H and O–H groups in total. The maximum absolute atomic E-state index is 8.97. The van der Waals surface area contributed by atoms with Gasteiger partial charge >= 0.3 is 0 Å². The third-order valence-electron chi connectivity index (χ3n) is 3.91. The Kier molecular flexibility index (Phi) is 5.34. The van der Waals surface area contributed by atoms with Crippen LogP contribution < -0.4 is 5.73 Å². The average Bonchev–Trinajstić information content (AvgIpc) is 2.42. The van der Waals surface area contributed by atoms with E-state index >= 15 is 0 Å². The molecule has 106 valence electrons. The SMILES string of the molecule is Cc1cccc(C(CN)N2CCN(CCO)CC2)c1. The molecule has 0 amide bonds. The van der Waals surface area contributed by atoms with Crippen LogP contribution in [-0.2, 0) is 0 Å². The molecule has 1 aliphatic rings. The molecule has 1 aliphatic heterocycles. The lowest BCUT2D eigenvalue weighted by molar-refractivity contribution is 0.0857. The summed E-state index contributed by atoms with van der Waals surface area (Å²) in [5, 5.41) is 8.97. The van der Waals surface area contributed by atoms with E-state index in [1.54, 1.807) is 0 Å². The zero-order chi connectivity index (χ0) is 13.7. The Labute approximate surface area is 115 Å². The molecule has 4 heteroatoms. The number of nitrogens with zero attached hydrogens (tertiary/aromatic N) is 2. The van der Waals surface area contributed by atoms with Gasteiger partial charge in [0.15, 0.2) is 0 Å². The van der Waals surface area contributed by atoms with E-state index in [0.29, 0.717) is 12.6 Å². The van der Waals surface area contributed by atoms with E-state index in [1.807, 2.05) is 0 Å². The largest absolute Gasteiger partial charge is 0.395 e. The van der Waals surface area contributed by atoms with Gasteiger partial charge in [-0.2, -0.15) is 0 Å². The highest BCUT2D eigenvalue weighted by molar-refractivity contribution is 5.25. The average molecular weight is 263 g/mol. The van der Waals surface area contributed by atoms with Crippen molar-refractivity contribution in [3.8, 4) is 0 Å². The first kappa shape index (κ1) is 14.5. The quantitative estimate of drug-likeness (QED) is 0.817. The van der Waals surface area contributed by atoms with Crippen molar-refractivity contribution in [2.75, 3.05) is 45.9 Å². The maximum Gasteiger partial charge on any atom is 0.0558 e. The summed E-state index contributed by atoms with van der Waals surface area (Å²) < 4.78 is 0. The number of aryl methyl sites for hydroxylation is 1. The third-order valence-corrected chi connectivity index (χ3v) is 3.91. The van der Waals surface area contributed by atoms with Crippen molar-refractivity contribution in [2.45, 2.75) is 13.0 Å². The van der Waals surface area contributed by atoms with Crippen LogP contribution in [-0.4, -0.2) is 60.8 Å². The summed E-state index contributed by atoms with van der Waals surface area (Å²) in [6.07, 6.45) is 0.